The van der Waals surface area contributed by atoms with Gasteiger partial charge in [-0.15, -0.1) is 0 Å². The molecule has 1 rings (SSSR count). The lowest BCUT2D eigenvalue weighted by atomic mass is 10.0. The van der Waals surface area contributed by atoms with E-state index in [2.05, 4.69) is 0 Å². The second-order valence-corrected chi connectivity index (χ2v) is 4.61. The Hall–Kier alpha value is -1.59. The van der Waals surface area contributed by atoms with Gasteiger partial charge in [0, 0.05) is 11.1 Å². The van der Waals surface area contributed by atoms with E-state index >= 15 is 0 Å². The summed E-state index contributed by atoms with van der Waals surface area (Å²) >= 11 is 5.91. The molecular weight excluding hydrogens is 270 g/mol. The van der Waals surface area contributed by atoms with Gasteiger partial charge in [-0.3, -0.25) is 14.5 Å². The van der Waals surface area contributed by atoms with Crippen LogP contribution in [0.4, 0.5) is 0 Å². The summed E-state index contributed by atoms with van der Waals surface area (Å²) in [7, 11) is 0. The van der Waals surface area contributed by atoms with Crippen molar-refractivity contribution < 1.29 is 19.8 Å². The van der Waals surface area contributed by atoms with E-state index < -0.39 is 11.9 Å². The van der Waals surface area contributed by atoms with Crippen LogP contribution in [0.15, 0.2) is 24.3 Å². The Labute approximate surface area is 116 Å². The smallest absolute Gasteiger partial charge is 0.317 e. The number of rotatable bonds is 7. The maximum Gasteiger partial charge on any atom is 0.317 e. The van der Waals surface area contributed by atoms with Gasteiger partial charge in [0.05, 0.1) is 13.1 Å². The van der Waals surface area contributed by atoms with Crippen molar-refractivity contribution in [3.05, 3.63) is 34.9 Å². The summed E-state index contributed by atoms with van der Waals surface area (Å²) in [6.45, 7) is 1.23. The van der Waals surface area contributed by atoms with Crippen molar-refractivity contribution in [3.63, 3.8) is 0 Å². The van der Waals surface area contributed by atoms with Gasteiger partial charge in [0.15, 0.2) is 0 Å². The van der Waals surface area contributed by atoms with Crippen LogP contribution in [0, 0.1) is 0 Å². The van der Waals surface area contributed by atoms with Gasteiger partial charge in [-0.1, -0.05) is 30.7 Å². The van der Waals surface area contributed by atoms with E-state index in [0.29, 0.717) is 11.4 Å². The van der Waals surface area contributed by atoms with Gasteiger partial charge in [-0.25, -0.2) is 0 Å². The lowest BCUT2D eigenvalue weighted by Gasteiger charge is -2.28. The molecule has 2 N–H and O–H groups in total. The summed E-state index contributed by atoms with van der Waals surface area (Å²) in [5, 5.41) is 18.3. The van der Waals surface area contributed by atoms with Crippen molar-refractivity contribution in [3.8, 4) is 0 Å². The molecule has 0 saturated carbocycles. The number of nitrogens with zero attached hydrogens (tertiary/aromatic N) is 1. The van der Waals surface area contributed by atoms with Crippen LogP contribution < -0.4 is 0 Å². The molecule has 5 nitrogen and oxygen atoms in total. The molecule has 0 radical (unpaired) electrons. The van der Waals surface area contributed by atoms with E-state index in [-0.39, 0.29) is 19.1 Å². The van der Waals surface area contributed by atoms with Crippen LogP contribution in [0.25, 0.3) is 0 Å². The molecule has 0 heterocycles. The van der Waals surface area contributed by atoms with Gasteiger partial charge in [-0.2, -0.15) is 0 Å². The molecule has 1 atom stereocenters. The zero-order chi connectivity index (χ0) is 14.4. The Morgan fingerprint density at radius 3 is 2.26 bits per heavy atom. The molecule has 0 aliphatic heterocycles. The van der Waals surface area contributed by atoms with Crippen molar-refractivity contribution in [1.29, 1.82) is 0 Å². The summed E-state index contributed by atoms with van der Waals surface area (Å²) in [4.78, 5) is 23.1. The first kappa shape index (κ1) is 15.5. The van der Waals surface area contributed by atoms with Crippen LogP contribution in [0.1, 0.15) is 24.9 Å². The van der Waals surface area contributed by atoms with Crippen molar-refractivity contribution in [1.82, 2.24) is 4.90 Å². The lowest BCUT2D eigenvalue weighted by molar-refractivity contribution is -0.143. The third kappa shape index (κ3) is 4.89. The highest BCUT2D eigenvalue weighted by Crippen LogP contribution is 2.26. The van der Waals surface area contributed by atoms with Gasteiger partial charge < -0.3 is 10.2 Å². The average Bonchev–Trinajstić information content (AvgIpc) is 2.28. The molecule has 0 saturated heterocycles. The standard InChI is InChI=1S/C13H16ClNO4/c1-2-11(9-4-3-5-10(14)6-9)15(7-12(16)17)8-13(18)19/h3-6,11H,2,7-8H2,1H3,(H,16,17)(H,18,19). The molecular formula is C13H16ClNO4. The molecule has 0 fully saturated rings. The van der Waals surface area contributed by atoms with E-state index in [9.17, 15) is 9.59 Å². The summed E-state index contributed by atoms with van der Waals surface area (Å²) in [5.74, 6) is -2.11. The Bertz CT molecular complexity index is 448. The normalized spacial score (nSPS) is 12.4. The van der Waals surface area contributed by atoms with Gasteiger partial charge in [0.25, 0.3) is 0 Å². The molecule has 0 aliphatic rings. The first-order valence-electron chi connectivity index (χ1n) is 5.87. The Morgan fingerprint density at radius 2 is 1.84 bits per heavy atom. The molecule has 0 aromatic heterocycles. The van der Waals surface area contributed by atoms with Crippen LogP contribution in [-0.4, -0.2) is 40.1 Å². The number of benzene rings is 1. The van der Waals surface area contributed by atoms with Crippen molar-refractivity contribution in [2.75, 3.05) is 13.1 Å². The van der Waals surface area contributed by atoms with Gasteiger partial charge >= 0.3 is 11.9 Å². The molecule has 104 valence electrons. The van der Waals surface area contributed by atoms with E-state index in [0.717, 1.165) is 5.56 Å². The Balaban J connectivity index is 3.00. The Kier molecular flexibility index (Phi) is 5.79. The second kappa shape index (κ2) is 7.11. The molecule has 0 bridgehead atoms. The number of aliphatic carboxylic acids is 2. The first-order chi connectivity index (χ1) is 8.93. The van der Waals surface area contributed by atoms with Gasteiger partial charge in [-0.05, 0) is 24.1 Å². The van der Waals surface area contributed by atoms with Crippen molar-refractivity contribution in [2.45, 2.75) is 19.4 Å². The molecule has 0 amide bonds. The van der Waals surface area contributed by atoms with E-state index in [1.165, 1.54) is 4.90 Å². The number of hydrogen-bond acceptors (Lipinski definition) is 3. The Morgan fingerprint density at radius 1 is 1.26 bits per heavy atom. The number of carboxylic acid groups (broad SMARTS) is 2. The van der Waals surface area contributed by atoms with Crippen LogP contribution in [0.3, 0.4) is 0 Å². The zero-order valence-electron chi connectivity index (χ0n) is 10.5. The summed E-state index contributed by atoms with van der Waals surface area (Å²) in [6, 6.07) is 6.74. The molecule has 1 unspecified atom stereocenters. The first-order valence-corrected chi connectivity index (χ1v) is 6.25. The summed E-state index contributed by atoms with van der Waals surface area (Å²) < 4.78 is 0. The van der Waals surface area contributed by atoms with E-state index in [1.807, 2.05) is 13.0 Å². The number of hydrogen-bond donors (Lipinski definition) is 2. The quantitative estimate of drug-likeness (QED) is 0.803. The second-order valence-electron chi connectivity index (χ2n) is 4.17. The third-order valence-electron chi connectivity index (χ3n) is 2.74. The SMILES string of the molecule is CCC(c1cccc(Cl)c1)N(CC(=O)O)CC(=O)O. The fraction of sp³-hybridized carbons (Fsp3) is 0.385. The fourth-order valence-electron chi connectivity index (χ4n) is 2.04. The fourth-order valence-corrected chi connectivity index (χ4v) is 2.24. The highest BCUT2D eigenvalue weighted by atomic mass is 35.5. The lowest BCUT2D eigenvalue weighted by Crippen LogP contribution is -2.37. The zero-order valence-corrected chi connectivity index (χ0v) is 11.3. The largest absolute Gasteiger partial charge is 0.480 e. The maximum atomic E-state index is 10.8. The molecule has 0 spiro atoms. The van der Waals surface area contributed by atoms with Gasteiger partial charge in [0.2, 0.25) is 0 Å². The highest BCUT2D eigenvalue weighted by Gasteiger charge is 2.23. The molecule has 0 aliphatic carbocycles. The number of carboxylic acids is 2. The highest BCUT2D eigenvalue weighted by molar-refractivity contribution is 6.30. The van der Waals surface area contributed by atoms with Crippen LogP contribution >= 0.6 is 11.6 Å². The van der Waals surface area contributed by atoms with Crippen LogP contribution in [-0.2, 0) is 9.59 Å². The van der Waals surface area contributed by atoms with Crippen LogP contribution in [0.5, 0.6) is 0 Å². The molecule has 1 aromatic rings. The maximum absolute atomic E-state index is 10.8. The number of halogens is 1. The van der Waals surface area contributed by atoms with E-state index in [4.69, 9.17) is 21.8 Å². The van der Waals surface area contributed by atoms with Crippen molar-refractivity contribution in [2.24, 2.45) is 0 Å². The minimum Gasteiger partial charge on any atom is -0.480 e. The minimum atomic E-state index is -1.05. The third-order valence-corrected chi connectivity index (χ3v) is 2.97. The molecule has 19 heavy (non-hydrogen) atoms. The predicted octanol–water partition coefficient (Wildman–Crippen LogP) is 2.26. The topological polar surface area (TPSA) is 77.8 Å². The molecule has 6 heteroatoms. The van der Waals surface area contributed by atoms with Crippen molar-refractivity contribution >= 4 is 23.5 Å². The van der Waals surface area contributed by atoms with E-state index in [1.54, 1.807) is 18.2 Å². The average molecular weight is 286 g/mol. The predicted molar refractivity (Wildman–Crippen MR) is 71.3 cm³/mol. The monoisotopic (exact) mass is 285 g/mol. The van der Waals surface area contributed by atoms with Crippen LogP contribution in [0.2, 0.25) is 5.02 Å². The summed E-state index contributed by atoms with van der Waals surface area (Å²) in [6.07, 6.45) is 0.598. The summed E-state index contributed by atoms with van der Waals surface area (Å²) in [5.41, 5.74) is 0.817. The molecule has 1 aromatic carbocycles. The number of carbonyl (C=O) groups is 2. The van der Waals surface area contributed by atoms with Gasteiger partial charge in [0.1, 0.15) is 0 Å². The minimum absolute atomic E-state index is 0.286.